The number of hydrogen-bond donors (Lipinski definition) is 0. The Hall–Kier alpha value is -3.04. The van der Waals surface area contributed by atoms with Crippen LogP contribution in [0.1, 0.15) is 21.3 Å². The minimum atomic E-state index is -0.444. The van der Waals surface area contributed by atoms with Gasteiger partial charge in [0.2, 0.25) is 0 Å². The van der Waals surface area contributed by atoms with Gasteiger partial charge in [0.05, 0.1) is 13.2 Å². The molecule has 0 unspecified atom stereocenters. The maximum absolute atomic E-state index is 13.0. The maximum Gasteiger partial charge on any atom is 0.263 e. The van der Waals surface area contributed by atoms with Crippen molar-refractivity contribution in [1.29, 1.82) is 0 Å². The highest BCUT2D eigenvalue weighted by Crippen LogP contribution is 2.37. The molecule has 7 nitrogen and oxygen atoms in total. The number of aromatic nitrogens is 1. The number of halogens is 1. The van der Waals surface area contributed by atoms with E-state index in [-0.39, 0.29) is 24.2 Å². The Labute approximate surface area is 183 Å². The summed E-state index contributed by atoms with van der Waals surface area (Å²) in [7, 11) is 3.41. The lowest BCUT2D eigenvalue weighted by Crippen LogP contribution is -2.44. The number of thiophene rings is 1. The second-order valence-electron chi connectivity index (χ2n) is 7.34. The molecular formula is C22H22FN3O4S. The number of carbonyl (C=O) groups is 2. The van der Waals surface area contributed by atoms with E-state index in [1.165, 1.54) is 40.5 Å². The topological polar surface area (TPSA) is 72.0 Å². The summed E-state index contributed by atoms with van der Waals surface area (Å²) in [6, 6.07) is 9.27. The number of benzene rings is 1. The molecular weight excluding hydrogens is 421 g/mol. The van der Waals surface area contributed by atoms with Gasteiger partial charge in [0.25, 0.3) is 11.8 Å². The third-order valence-corrected chi connectivity index (χ3v) is 6.14. The van der Waals surface area contributed by atoms with Crippen LogP contribution in [0, 0.1) is 5.82 Å². The smallest absolute Gasteiger partial charge is 0.263 e. The first kappa shape index (κ1) is 21.2. The summed E-state index contributed by atoms with van der Waals surface area (Å²) in [5.41, 5.74) is 0.767. The quantitative estimate of drug-likeness (QED) is 0.606. The van der Waals surface area contributed by atoms with Crippen LogP contribution in [-0.2, 0) is 9.53 Å². The normalized spacial score (nSPS) is 16.4. The Morgan fingerprint density at radius 2 is 2.06 bits per heavy atom. The van der Waals surface area contributed by atoms with Crippen molar-refractivity contribution in [3.8, 4) is 5.75 Å². The van der Waals surface area contributed by atoms with Crippen LogP contribution in [0.4, 0.5) is 4.39 Å². The van der Waals surface area contributed by atoms with Crippen LogP contribution in [-0.4, -0.2) is 67.0 Å². The molecule has 1 aromatic carbocycles. The highest BCUT2D eigenvalue weighted by molar-refractivity contribution is 7.20. The summed E-state index contributed by atoms with van der Waals surface area (Å²) < 4.78 is 24.5. The van der Waals surface area contributed by atoms with Gasteiger partial charge in [0, 0.05) is 37.8 Å². The van der Waals surface area contributed by atoms with Crippen LogP contribution in [0.25, 0.3) is 10.2 Å². The van der Waals surface area contributed by atoms with E-state index in [0.717, 1.165) is 15.8 Å². The van der Waals surface area contributed by atoms with Gasteiger partial charge in [-0.3, -0.25) is 9.59 Å². The Bertz CT molecular complexity index is 1100. The van der Waals surface area contributed by atoms with Crippen molar-refractivity contribution in [2.75, 3.05) is 40.4 Å². The largest absolute Gasteiger partial charge is 0.484 e. The van der Waals surface area contributed by atoms with Crippen molar-refractivity contribution in [2.45, 2.75) is 6.10 Å². The van der Waals surface area contributed by atoms with Gasteiger partial charge >= 0.3 is 0 Å². The van der Waals surface area contributed by atoms with Gasteiger partial charge in [-0.2, -0.15) is 0 Å². The summed E-state index contributed by atoms with van der Waals surface area (Å²) in [5.74, 6) is -0.260. The molecule has 2 aromatic heterocycles. The number of morpholine rings is 1. The van der Waals surface area contributed by atoms with Gasteiger partial charge in [-0.1, -0.05) is 6.07 Å². The number of rotatable bonds is 5. The second-order valence-corrected chi connectivity index (χ2v) is 8.34. The van der Waals surface area contributed by atoms with Crippen molar-refractivity contribution >= 4 is 33.4 Å². The molecule has 2 amide bonds. The predicted molar refractivity (Wildman–Crippen MR) is 115 cm³/mol. The molecule has 0 radical (unpaired) electrons. The Balaban J connectivity index is 1.53. The van der Waals surface area contributed by atoms with Crippen molar-refractivity contribution < 1.29 is 23.5 Å². The molecule has 0 N–H and O–H groups in total. The average molecular weight is 444 g/mol. The maximum atomic E-state index is 13.0. The SMILES string of the molecule is CN(C)C(=O)c1sc2ncccc2c1[C@@H]1CN(C(=O)COc2ccc(F)cc2)CCO1. The first-order valence-electron chi connectivity index (χ1n) is 9.81. The van der Waals surface area contributed by atoms with E-state index >= 15 is 0 Å². The van der Waals surface area contributed by atoms with Gasteiger partial charge in [-0.05, 0) is 30.3 Å². The van der Waals surface area contributed by atoms with Crippen molar-refractivity contribution in [1.82, 2.24) is 14.8 Å². The van der Waals surface area contributed by atoms with Crippen LogP contribution in [0.3, 0.4) is 0 Å². The molecule has 3 aromatic rings. The summed E-state index contributed by atoms with van der Waals surface area (Å²) in [4.78, 5) is 34.4. The number of carbonyl (C=O) groups excluding carboxylic acids is 2. The van der Waals surface area contributed by atoms with E-state index in [9.17, 15) is 14.0 Å². The summed E-state index contributed by atoms with van der Waals surface area (Å²) in [5, 5.41) is 0.861. The molecule has 162 valence electrons. The molecule has 0 spiro atoms. The summed E-state index contributed by atoms with van der Waals surface area (Å²) in [6.45, 7) is 0.924. The van der Waals surface area contributed by atoms with E-state index in [1.54, 1.807) is 25.2 Å². The summed E-state index contributed by atoms with van der Waals surface area (Å²) in [6.07, 6.45) is 1.25. The molecule has 1 aliphatic rings. The molecule has 0 bridgehead atoms. The van der Waals surface area contributed by atoms with E-state index < -0.39 is 6.10 Å². The van der Waals surface area contributed by atoms with E-state index in [4.69, 9.17) is 9.47 Å². The lowest BCUT2D eigenvalue weighted by Gasteiger charge is -2.33. The van der Waals surface area contributed by atoms with Crippen molar-refractivity contribution in [3.63, 3.8) is 0 Å². The Kier molecular flexibility index (Phi) is 6.15. The van der Waals surface area contributed by atoms with Crippen molar-refractivity contribution in [3.05, 3.63) is 58.9 Å². The number of hydrogen-bond acceptors (Lipinski definition) is 6. The zero-order valence-corrected chi connectivity index (χ0v) is 18.0. The molecule has 4 rings (SSSR count). The van der Waals surface area contributed by atoms with Crippen molar-refractivity contribution in [2.24, 2.45) is 0 Å². The van der Waals surface area contributed by atoms with Crippen LogP contribution >= 0.6 is 11.3 Å². The first-order chi connectivity index (χ1) is 14.9. The number of pyridine rings is 1. The fourth-order valence-corrected chi connectivity index (χ4v) is 4.67. The van der Waals surface area contributed by atoms with Crippen LogP contribution < -0.4 is 4.74 Å². The fourth-order valence-electron chi connectivity index (χ4n) is 3.45. The molecule has 1 atom stereocenters. The Morgan fingerprint density at radius 1 is 1.29 bits per heavy atom. The average Bonchev–Trinajstić information content (AvgIpc) is 3.17. The van der Waals surface area contributed by atoms with Gasteiger partial charge in [0.15, 0.2) is 6.61 Å². The zero-order chi connectivity index (χ0) is 22.0. The molecule has 0 saturated carbocycles. The molecule has 1 fully saturated rings. The molecule has 3 heterocycles. The number of ether oxygens (including phenoxy) is 2. The number of amides is 2. The fraction of sp³-hybridized carbons (Fsp3) is 0.318. The van der Waals surface area contributed by atoms with Gasteiger partial charge in [-0.25, -0.2) is 9.37 Å². The lowest BCUT2D eigenvalue weighted by atomic mass is 10.0. The third kappa shape index (κ3) is 4.52. The van der Waals surface area contributed by atoms with E-state index in [2.05, 4.69) is 4.98 Å². The molecule has 31 heavy (non-hydrogen) atoms. The van der Waals surface area contributed by atoms with Crippen LogP contribution in [0.2, 0.25) is 0 Å². The highest BCUT2D eigenvalue weighted by atomic mass is 32.1. The minimum absolute atomic E-state index is 0.121. The molecule has 1 saturated heterocycles. The number of fused-ring (bicyclic) bond motifs is 1. The monoisotopic (exact) mass is 443 g/mol. The van der Waals surface area contributed by atoms with Crippen LogP contribution in [0.5, 0.6) is 5.75 Å². The minimum Gasteiger partial charge on any atom is -0.484 e. The Morgan fingerprint density at radius 3 is 2.81 bits per heavy atom. The second kappa shape index (κ2) is 8.99. The first-order valence-corrected chi connectivity index (χ1v) is 10.6. The highest BCUT2D eigenvalue weighted by Gasteiger charge is 2.32. The predicted octanol–water partition coefficient (Wildman–Crippen LogP) is 3.12. The van der Waals surface area contributed by atoms with Gasteiger partial charge < -0.3 is 19.3 Å². The molecule has 0 aliphatic carbocycles. The van der Waals surface area contributed by atoms with E-state index in [0.29, 0.717) is 30.3 Å². The standard InChI is InChI=1S/C22H22FN3O4S/c1-25(2)22(28)20-19(16-4-3-9-24-21(16)31-20)17-12-26(10-11-29-17)18(27)13-30-15-7-5-14(23)6-8-15/h3-9,17H,10-13H2,1-2H3/t17-/m0/s1. The molecule has 9 heteroatoms. The van der Waals surface area contributed by atoms with Gasteiger partial charge in [-0.15, -0.1) is 11.3 Å². The van der Waals surface area contributed by atoms with Crippen LogP contribution in [0.15, 0.2) is 42.6 Å². The zero-order valence-electron chi connectivity index (χ0n) is 17.2. The van der Waals surface area contributed by atoms with Gasteiger partial charge in [0.1, 0.15) is 27.4 Å². The summed E-state index contributed by atoms with van der Waals surface area (Å²) >= 11 is 1.33. The van der Waals surface area contributed by atoms with E-state index in [1.807, 2.05) is 12.1 Å². The lowest BCUT2D eigenvalue weighted by molar-refractivity contribution is -0.141. The third-order valence-electron chi connectivity index (χ3n) is 5.02. The number of nitrogens with zero attached hydrogens (tertiary/aromatic N) is 3. The molecule has 1 aliphatic heterocycles.